The van der Waals surface area contributed by atoms with Crippen LogP contribution in [0.2, 0.25) is 0 Å². The molecular weight excluding hydrogens is 162 g/mol. The van der Waals surface area contributed by atoms with Crippen LogP contribution >= 0.6 is 0 Å². The second-order valence-corrected chi connectivity index (χ2v) is 2.29. The van der Waals surface area contributed by atoms with E-state index in [0.29, 0.717) is 12.6 Å². The average Bonchev–Trinajstić information content (AvgIpc) is 2.00. The monoisotopic (exact) mass is 173 g/mol. The Hall–Kier alpha value is -1.23. The molecule has 0 aromatic carbocycles. The molecule has 0 saturated heterocycles. The van der Waals surface area contributed by atoms with E-state index in [4.69, 9.17) is 5.11 Å². The minimum absolute atomic E-state index is 0.0547. The molecule has 12 heavy (non-hydrogen) atoms. The predicted molar refractivity (Wildman–Crippen MR) is 42.1 cm³/mol. The summed E-state index contributed by atoms with van der Waals surface area (Å²) in [4.78, 5) is 19.8. The number of carbonyl (C=O) groups is 1. The molecule has 0 radical (unpaired) electrons. The van der Waals surface area contributed by atoms with Crippen molar-refractivity contribution in [3.63, 3.8) is 0 Å². The van der Waals surface area contributed by atoms with Crippen LogP contribution in [-0.4, -0.2) is 21.9 Å². The lowest BCUT2D eigenvalue weighted by Gasteiger charge is -2.00. The summed E-state index contributed by atoms with van der Waals surface area (Å²) in [6.07, 6.45) is 0.869. The molecule has 0 fully saturated rings. The maximum atomic E-state index is 10.7. The Morgan fingerprint density at radius 2 is 2.33 bits per heavy atom. The smallest absolute Gasteiger partial charge is 0.233 e. The molecule has 0 amide bonds. The van der Waals surface area contributed by atoms with Crippen LogP contribution in [0.4, 0.5) is 0 Å². The summed E-state index contributed by atoms with van der Waals surface area (Å²) in [6, 6.07) is 0. The van der Waals surface area contributed by atoms with E-state index >= 15 is 0 Å². The second-order valence-electron chi connectivity index (χ2n) is 2.29. The Labute approximate surface area is 69.8 Å². The lowest BCUT2D eigenvalue weighted by Crippen LogP contribution is -2.10. The Morgan fingerprint density at radius 1 is 1.75 bits per heavy atom. The predicted octanol–water partition coefficient (Wildman–Crippen LogP) is 0.507. The van der Waals surface area contributed by atoms with E-state index in [9.17, 15) is 14.9 Å². The van der Waals surface area contributed by atoms with E-state index < -0.39 is 11.0 Å². The van der Waals surface area contributed by atoms with Gasteiger partial charge in [-0.05, 0) is 0 Å². The Morgan fingerprint density at radius 3 is 2.75 bits per heavy atom. The van der Waals surface area contributed by atoms with Crippen molar-refractivity contribution in [2.45, 2.75) is 25.9 Å². The van der Waals surface area contributed by atoms with Crippen molar-refractivity contribution in [1.82, 2.24) is 0 Å². The highest BCUT2D eigenvalue weighted by Crippen LogP contribution is 1.97. The van der Waals surface area contributed by atoms with Gasteiger partial charge in [-0.2, -0.15) is 0 Å². The molecule has 0 aromatic heterocycles. The molecule has 1 unspecified atom stereocenters. The van der Waals surface area contributed by atoms with E-state index in [1.807, 2.05) is 0 Å². The van der Waals surface area contributed by atoms with Gasteiger partial charge in [0.1, 0.15) is 5.78 Å². The quantitative estimate of drug-likeness (QED) is 0.485. The van der Waals surface area contributed by atoms with E-state index in [-0.39, 0.29) is 12.2 Å². The summed E-state index contributed by atoms with van der Waals surface area (Å²) in [5, 5.41) is 18.8. The number of hydrogen-bond donors (Lipinski definition) is 1. The molecule has 1 N–H and O–H groups in total. The molecule has 0 bridgehead atoms. The largest absolute Gasteiger partial charge is 0.388 e. The number of carbonyl (C=O) groups excluding carboxylic acids is 1. The average molecular weight is 173 g/mol. The van der Waals surface area contributed by atoms with Crippen LogP contribution in [0.25, 0.3) is 0 Å². The first-order valence-corrected chi connectivity index (χ1v) is 3.57. The molecule has 0 aromatic rings. The zero-order chi connectivity index (χ0) is 9.56. The van der Waals surface area contributed by atoms with Gasteiger partial charge in [0.05, 0.1) is 11.0 Å². The van der Waals surface area contributed by atoms with Crippen LogP contribution in [0.5, 0.6) is 0 Å². The first-order valence-electron chi connectivity index (χ1n) is 3.57. The lowest BCUT2D eigenvalue weighted by molar-refractivity contribution is -0.402. The van der Waals surface area contributed by atoms with Gasteiger partial charge in [-0.15, -0.1) is 0 Å². The zero-order valence-electron chi connectivity index (χ0n) is 6.77. The molecule has 5 heteroatoms. The summed E-state index contributed by atoms with van der Waals surface area (Å²) < 4.78 is 0. The first-order chi connectivity index (χ1) is 5.56. The number of aliphatic hydroxyl groups excluding tert-OH is 1. The number of nitrogens with zero attached hydrogens (tertiary/aromatic N) is 1. The third-order valence-corrected chi connectivity index (χ3v) is 1.26. The number of rotatable bonds is 5. The SMILES string of the molecule is CCC(=O)CC(O)C=C[N+](=O)[O-]. The van der Waals surface area contributed by atoms with E-state index in [2.05, 4.69) is 0 Å². The molecule has 0 spiro atoms. The minimum Gasteiger partial charge on any atom is -0.388 e. The third kappa shape index (κ3) is 5.55. The number of nitro groups is 1. The molecular formula is C7H11NO4. The van der Waals surface area contributed by atoms with Gasteiger partial charge in [-0.25, -0.2) is 0 Å². The van der Waals surface area contributed by atoms with Crippen molar-refractivity contribution in [1.29, 1.82) is 0 Å². The fraction of sp³-hybridized carbons (Fsp3) is 0.571. The molecule has 0 heterocycles. The van der Waals surface area contributed by atoms with Gasteiger partial charge >= 0.3 is 0 Å². The van der Waals surface area contributed by atoms with Crippen molar-refractivity contribution >= 4 is 5.78 Å². The Kier molecular flexibility index (Phi) is 4.87. The molecule has 68 valence electrons. The number of hydrogen-bond acceptors (Lipinski definition) is 4. The van der Waals surface area contributed by atoms with Crippen LogP contribution in [-0.2, 0) is 4.79 Å². The maximum Gasteiger partial charge on any atom is 0.233 e. The second kappa shape index (κ2) is 5.42. The fourth-order valence-corrected chi connectivity index (χ4v) is 0.615. The van der Waals surface area contributed by atoms with Gasteiger partial charge in [-0.1, -0.05) is 6.92 Å². The van der Waals surface area contributed by atoms with Crippen molar-refractivity contribution < 1.29 is 14.8 Å². The van der Waals surface area contributed by atoms with E-state index in [1.54, 1.807) is 6.92 Å². The molecule has 0 aliphatic carbocycles. The van der Waals surface area contributed by atoms with Gasteiger partial charge in [-0.3, -0.25) is 14.9 Å². The molecule has 1 atom stereocenters. The Balaban J connectivity index is 3.81. The number of ketones is 1. The number of aliphatic hydroxyl groups is 1. The number of Topliss-reactive ketones (excluding diaryl/α,β-unsaturated/α-hetero) is 1. The maximum absolute atomic E-state index is 10.7. The normalized spacial score (nSPS) is 13.2. The van der Waals surface area contributed by atoms with Crippen molar-refractivity contribution in [2.75, 3.05) is 0 Å². The van der Waals surface area contributed by atoms with E-state index in [1.165, 1.54) is 0 Å². The standard InChI is InChI=1S/C7H11NO4/c1-2-6(9)5-7(10)3-4-8(11)12/h3-4,7,10H,2,5H2,1H3. The summed E-state index contributed by atoms with van der Waals surface area (Å²) >= 11 is 0. The lowest BCUT2D eigenvalue weighted by atomic mass is 10.1. The summed E-state index contributed by atoms with van der Waals surface area (Å²) in [5.74, 6) is -0.115. The zero-order valence-corrected chi connectivity index (χ0v) is 6.77. The van der Waals surface area contributed by atoms with Crippen LogP contribution in [0.3, 0.4) is 0 Å². The summed E-state index contributed by atoms with van der Waals surface area (Å²) in [7, 11) is 0. The van der Waals surface area contributed by atoms with Crippen LogP contribution in [0, 0.1) is 10.1 Å². The highest BCUT2D eigenvalue weighted by molar-refractivity contribution is 5.78. The highest BCUT2D eigenvalue weighted by Gasteiger charge is 2.06. The molecule has 0 saturated carbocycles. The summed E-state index contributed by atoms with van der Waals surface area (Å²) in [5.41, 5.74) is 0. The molecule has 0 aliphatic rings. The van der Waals surface area contributed by atoms with Gasteiger partial charge in [0.2, 0.25) is 6.20 Å². The molecule has 5 nitrogen and oxygen atoms in total. The van der Waals surface area contributed by atoms with E-state index in [0.717, 1.165) is 6.08 Å². The molecule has 0 rings (SSSR count). The van der Waals surface area contributed by atoms with Crippen molar-refractivity contribution in [3.05, 3.63) is 22.4 Å². The van der Waals surface area contributed by atoms with Gasteiger partial charge in [0.25, 0.3) is 0 Å². The molecule has 0 aliphatic heterocycles. The third-order valence-electron chi connectivity index (χ3n) is 1.26. The van der Waals surface area contributed by atoms with Gasteiger partial charge in [0.15, 0.2) is 0 Å². The minimum atomic E-state index is -1.04. The topological polar surface area (TPSA) is 80.4 Å². The summed E-state index contributed by atoms with van der Waals surface area (Å²) in [6.45, 7) is 1.67. The van der Waals surface area contributed by atoms with Crippen molar-refractivity contribution in [2.24, 2.45) is 0 Å². The van der Waals surface area contributed by atoms with Crippen LogP contribution < -0.4 is 0 Å². The highest BCUT2D eigenvalue weighted by atomic mass is 16.6. The first kappa shape index (κ1) is 10.8. The van der Waals surface area contributed by atoms with Crippen molar-refractivity contribution in [3.8, 4) is 0 Å². The Bertz CT molecular complexity index is 200. The van der Waals surface area contributed by atoms with Gasteiger partial charge in [0, 0.05) is 18.9 Å². The van der Waals surface area contributed by atoms with Crippen LogP contribution in [0.15, 0.2) is 12.3 Å². The van der Waals surface area contributed by atoms with Gasteiger partial charge < -0.3 is 5.11 Å². The fourth-order valence-electron chi connectivity index (χ4n) is 0.615. The van der Waals surface area contributed by atoms with Crippen LogP contribution in [0.1, 0.15) is 19.8 Å².